The molecule has 6 heteroatoms. The van der Waals surface area contributed by atoms with Gasteiger partial charge in [0.05, 0.1) is 17.7 Å². The van der Waals surface area contributed by atoms with Crippen LogP contribution in [0.3, 0.4) is 0 Å². The molecule has 20 heavy (non-hydrogen) atoms. The van der Waals surface area contributed by atoms with Crippen molar-refractivity contribution < 1.29 is 14.6 Å². The second-order valence-electron chi connectivity index (χ2n) is 4.97. The number of ether oxygens (including phenoxy) is 1. The van der Waals surface area contributed by atoms with Crippen LogP contribution in [-0.2, 0) is 4.79 Å². The van der Waals surface area contributed by atoms with E-state index in [9.17, 15) is 9.90 Å². The summed E-state index contributed by atoms with van der Waals surface area (Å²) in [6, 6.07) is 4.74. The second-order valence-corrected chi connectivity index (χ2v) is 5.81. The molecule has 1 saturated heterocycles. The Hall–Kier alpha value is -0.970. The lowest BCUT2D eigenvalue weighted by Crippen LogP contribution is -2.42. The van der Waals surface area contributed by atoms with Crippen LogP contribution in [-0.4, -0.2) is 41.7 Å². The van der Waals surface area contributed by atoms with E-state index in [1.165, 1.54) is 0 Å². The summed E-state index contributed by atoms with van der Waals surface area (Å²) in [6.45, 7) is 2.58. The minimum absolute atomic E-state index is 0.0192. The molecule has 4 nitrogen and oxygen atoms in total. The molecule has 1 amide bonds. The number of benzene rings is 1. The molecule has 110 valence electrons. The highest BCUT2D eigenvalue weighted by Gasteiger charge is 2.33. The number of amides is 1. The van der Waals surface area contributed by atoms with Crippen molar-refractivity contribution in [1.29, 1.82) is 0 Å². The smallest absolute Gasteiger partial charge is 0.260 e. The van der Waals surface area contributed by atoms with Crippen molar-refractivity contribution in [1.82, 2.24) is 4.90 Å². The summed E-state index contributed by atoms with van der Waals surface area (Å²) in [6.07, 6.45) is 0.901. The van der Waals surface area contributed by atoms with E-state index in [0.717, 1.165) is 6.42 Å². The van der Waals surface area contributed by atoms with Crippen LogP contribution in [0.1, 0.15) is 13.3 Å². The van der Waals surface area contributed by atoms with Crippen LogP contribution in [0.15, 0.2) is 18.2 Å². The van der Waals surface area contributed by atoms with Crippen LogP contribution in [0.5, 0.6) is 5.75 Å². The van der Waals surface area contributed by atoms with Crippen LogP contribution in [0, 0.1) is 5.92 Å². The molecule has 0 bridgehead atoms. The van der Waals surface area contributed by atoms with Gasteiger partial charge in [0.15, 0.2) is 6.61 Å². The van der Waals surface area contributed by atoms with Gasteiger partial charge in [0.1, 0.15) is 5.75 Å². The van der Waals surface area contributed by atoms with Crippen molar-refractivity contribution in [2.24, 2.45) is 5.92 Å². The highest BCUT2D eigenvalue weighted by molar-refractivity contribution is 6.35. The van der Waals surface area contributed by atoms with Gasteiger partial charge in [-0.25, -0.2) is 0 Å². The van der Waals surface area contributed by atoms with Crippen LogP contribution in [0.4, 0.5) is 0 Å². The Bertz CT molecular complexity index is 495. The molecule has 0 spiro atoms. The largest absolute Gasteiger partial charge is 0.482 e. The van der Waals surface area contributed by atoms with Gasteiger partial charge < -0.3 is 14.7 Å². The van der Waals surface area contributed by atoms with Gasteiger partial charge in [-0.05, 0) is 30.5 Å². The van der Waals surface area contributed by atoms with Gasteiger partial charge in [0, 0.05) is 11.6 Å². The van der Waals surface area contributed by atoms with Gasteiger partial charge >= 0.3 is 0 Å². The molecule has 0 aliphatic carbocycles. The number of carbonyl (C=O) groups excluding carboxylic acids is 1. The monoisotopic (exact) mass is 317 g/mol. The van der Waals surface area contributed by atoms with Crippen LogP contribution in [0.25, 0.3) is 0 Å². The molecule has 1 fully saturated rings. The molecular formula is C14H17Cl2NO3. The number of nitrogens with zero attached hydrogens (tertiary/aromatic N) is 1. The first kappa shape index (κ1) is 15.4. The lowest BCUT2D eigenvalue weighted by atomic mass is 10.0. The number of hydrogen-bond acceptors (Lipinski definition) is 3. The molecule has 2 rings (SSSR count). The number of hydrogen-bond donors (Lipinski definition) is 1. The zero-order valence-corrected chi connectivity index (χ0v) is 12.7. The van der Waals surface area contributed by atoms with E-state index in [4.69, 9.17) is 27.9 Å². The first-order valence-electron chi connectivity index (χ1n) is 6.51. The molecule has 1 N–H and O–H groups in total. The van der Waals surface area contributed by atoms with Crippen molar-refractivity contribution in [2.75, 3.05) is 19.8 Å². The second kappa shape index (κ2) is 6.66. The highest BCUT2D eigenvalue weighted by Crippen LogP contribution is 2.28. The summed E-state index contributed by atoms with van der Waals surface area (Å²) < 4.78 is 5.43. The zero-order valence-electron chi connectivity index (χ0n) is 11.2. The van der Waals surface area contributed by atoms with E-state index in [2.05, 4.69) is 0 Å². The third-order valence-corrected chi connectivity index (χ3v) is 4.17. The van der Waals surface area contributed by atoms with Crippen molar-refractivity contribution >= 4 is 29.1 Å². The quantitative estimate of drug-likeness (QED) is 0.928. The summed E-state index contributed by atoms with van der Waals surface area (Å²) in [5.74, 6) is 0.597. The zero-order chi connectivity index (χ0) is 14.7. The van der Waals surface area contributed by atoms with E-state index >= 15 is 0 Å². The Morgan fingerprint density at radius 1 is 1.50 bits per heavy atom. The van der Waals surface area contributed by atoms with Crippen LogP contribution >= 0.6 is 23.2 Å². The van der Waals surface area contributed by atoms with Crippen LogP contribution < -0.4 is 4.74 Å². The number of carbonyl (C=O) groups is 1. The van der Waals surface area contributed by atoms with Gasteiger partial charge in [-0.2, -0.15) is 0 Å². The number of aliphatic hydroxyl groups excluding tert-OH is 1. The maximum Gasteiger partial charge on any atom is 0.260 e. The topological polar surface area (TPSA) is 49.8 Å². The lowest BCUT2D eigenvalue weighted by Gasteiger charge is -2.25. The van der Waals surface area contributed by atoms with E-state index < -0.39 is 0 Å². The number of halogens is 2. The fourth-order valence-electron chi connectivity index (χ4n) is 2.41. The summed E-state index contributed by atoms with van der Waals surface area (Å²) in [5, 5.41) is 10.2. The Morgan fingerprint density at radius 2 is 2.25 bits per heavy atom. The molecule has 0 radical (unpaired) electrons. The van der Waals surface area contributed by atoms with Gasteiger partial charge in [-0.3, -0.25) is 4.79 Å². The number of aliphatic hydroxyl groups is 1. The molecular weight excluding hydrogens is 301 g/mol. The SMILES string of the molecule is CC1CCN(C(=O)COc2ccc(Cl)cc2Cl)C1CO. The van der Waals surface area contributed by atoms with Crippen molar-refractivity contribution in [3.63, 3.8) is 0 Å². The van der Waals surface area contributed by atoms with Gasteiger partial charge in [-0.15, -0.1) is 0 Å². The van der Waals surface area contributed by atoms with E-state index in [0.29, 0.717) is 28.3 Å². The fraction of sp³-hybridized carbons (Fsp3) is 0.500. The maximum absolute atomic E-state index is 12.1. The predicted octanol–water partition coefficient (Wildman–Crippen LogP) is 2.60. The normalized spacial score (nSPS) is 22.1. The van der Waals surface area contributed by atoms with Crippen LogP contribution in [0.2, 0.25) is 10.0 Å². The van der Waals surface area contributed by atoms with Crippen molar-refractivity contribution in [3.8, 4) is 5.75 Å². The average molecular weight is 318 g/mol. The lowest BCUT2D eigenvalue weighted by molar-refractivity contribution is -0.135. The standard InChI is InChI=1S/C14H17Cl2NO3/c1-9-4-5-17(12(9)7-18)14(19)8-20-13-3-2-10(15)6-11(13)16/h2-3,6,9,12,18H,4-5,7-8H2,1H3. The summed E-state index contributed by atoms with van der Waals surface area (Å²) in [7, 11) is 0. The Morgan fingerprint density at radius 3 is 2.90 bits per heavy atom. The molecule has 1 aliphatic heterocycles. The Labute approximate surface area is 128 Å². The summed E-state index contributed by atoms with van der Waals surface area (Å²) in [5.41, 5.74) is 0. The van der Waals surface area contributed by atoms with Crippen molar-refractivity contribution in [3.05, 3.63) is 28.2 Å². The van der Waals surface area contributed by atoms with E-state index in [1.807, 2.05) is 6.92 Å². The highest BCUT2D eigenvalue weighted by atomic mass is 35.5. The third-order valence-electron chi connectivity index (χ3n) is 3.64. The first-order chi connectivity index (χ1) is 9.52. The molecule has 0 aromatic heterocycles. The van der Waals surface area contributed by atoms with E-state index in [1.54, 1.807) is 23.1 Å². The Kier molecular flexibility index (Phi) is 5.13. The maximum atomic E-state index is 12.1. The average Bonchev–Trinajstić information content (AvgIpc) is 2.78. The molecule has 0 saturated carbocycles. The van der Waals surface area contributed by atoms with Gasteiger partial charge in [0.25, 0.3) is 5.91 Å². The van der Waals surface area contributed by atoms with Crippen molar-refractivity contribution in [2.45, 2.75) is 19.4 Å². The number of likely N-dealkylation sites (tertiary alicyclic amines) is 1. The summed E-state index contributed by atoms with van der Waals surface area (Å²) in [4.78, 5) is 13.8. The summed E-state index contributed by atoms with van der Waals surface area (Å²) >= 11 is 11.8. The first-order valence-corrected chi connectivity index (χ1v) is 7.26. The fourth-order valence-corrected chi connectivity index (χ4v) is 2.87. The minimum atomic E-state index is -0.139. The molecule has 1 aliphatic rings. The molecule has 1 aromatic carbocycles. The molecule has 1 heterocycles. The van der Waals surface area contributed by atoms with Gasteiger partial charge in [-0.1, -0.05) is 30.1 Å². The molecule has 2 unspecified atom stereocenters. The third kappa shape index (κ3) is 3.37. The predicted molar refractivity (Wildman–Crippen MR) is 78.3 cm³/mol. The number of rotatable bonds is 4. The minimum Gasteiger partial charge on any atom is -0.482 e. The van der Waals surface area contributed by atoms with Gasteiger partial charge in [0.2, 0.25) is 0 Å². The Balaban J connectivity index is 1.95. The van der Waals surface area contributed by atoms with E-state index in [-0.39, 0.29) is 25.2 Å². The molecule has 2 atom stereocenters. The molecule has 1 aromatic rings.